The number of carbonyl (C=O) groups excluding carboxylic acids is 9. The van der Waals surface area contributed by atoms with Crippen molar-refractivity contribution in [1.29, 1.82) is 0 Å². The molecule has 0 saturated heterocycles. The number of nitrogens with one attached hydrogen (secondary N) is 3. The monoisotopic (exact) mass is 1150 g/mol. The van der Waals surface area contributed by atoms with Gasteiger partial charge in [0.25, 0.3) is 0 Å². The molecule has 20 nitrogen and oxygen atoms in total. The third-order valence-corrected chi connectivity index (χ3v) is 11.9. The van der Waals surface area contributed by atoms with Crippen LogP contribution < -0.4 is 16.1 Å². The van der Waals surface area contributed by atoms with Crippen molar-refractivity contribution in [2.45, 2.75) is 286 Å². The van der Waals surface area contributed by atoms with E-state index in [1.807, 2.05) is 20.8 Å². The highest BCUT2D eigenvalue weighted by Crippen LogP contribution is 2.22. The number of esters is 2. The highest BCUT2D eigenvalue weighted by Gasteiger charge is 2.29. The van der Waals surface area contributed by atoms with Crippen molar-refractivity contribution in [3.8, 4) is 0 Å². The maximum atomic E-state index is 13.3. The van der Waals surface area contributed by atoms with Crippen LogP contribution in [-0.4, -0.2) is 137 Å². The Hall–Kier alpha value is -5.01. The van der Waals surface area contributed by atoms with Crippen molar-refractivity contribution in [3.05, 3.63) is 0 Å². The Bertz CT molecular complexity index is 1870. The average Bonchev–Trinajstić information content (AvgIpc) is 3.30. The van der Waals surface area contributed by atoms with Gasteiger partial charge in [-0.3, -0.25) is 33.6 Å². The third kappa shape index (κ3) is 48.3. The number of ether oxygens (including phenoxy) is 5. The first kappa shape index (κ1) is 76.0. The van der Waals surface area contributed by atoms with Crippen LogP contribution in [0.15, 0.2) is 0 Å². The summed E-state index contributed by atoms with van der Waals surface area (Å²) in [6, 6.07) is 0. The van der Waals surface area contributed by atoms with Crippen molar-refractivity contribution < 1.29 is 71.7 Å². The molecule has 0 fully saturated rings. The number of ketones is 2. The van der Waals surface area contributed by atoms with Gasteiger partial charge in [-0.2, -0.15) is 5.48 Å². The van der Waals surface area contributed by atoms with E-state index < -0.39 is 58.2 Å². The summed E-state index contributed by atoms with van der Waals surface area (Å²) in [5, 5.41) is 5.54. The summed E-state index contributed by atoms with van der Waals surface area (Å²) in [6.07, 6.45) is 13.7. The second-order valence-electron chi connectivity index (χ2n) is 26.1. The molecule has 0 radical (unpaired) electrons. The largest absolute Gasteiger partial charge is 0.460 e. The number of hydrogen-bond donors (Lipinski definition) is 3. The fourth-order valence-corrected chi connectivity index (χ4v) is 8.12. The first-order valence-corrected chi connectivity index (χ1v) is 30.1. The van der Waals surface area contributed by atoms with Crippen molar-refractivity contribution in [1.82, 2.24) is 25.9 Å². The standard InChI is InChI=1S/C61H111N5O15/c1-57(2,3)77-52(71)34-26-24-22-20-18-16-17-19-21-23-25-33-49(68)46-47(53(72)78-58(4,5)6)35-37-50(69)62-39-31-44-66(56(75)81-61(13,14)15)43-30-29-42-65(55(74)80-60(10,11)12)41-28-27-32-48(67)36-38-51(70)63-40-45-76-64-54(73)79-59(7,8)9/h47H,16-46H2,1-15H3,(H,62,69)(H,63,70)(H,64,73)/t47-/m1/s1. The normalized spacial score (nSPS) is 12.4. The highest BCUT2D eigenvalue weighted by atomic mass is 16.7. The molecule has 20 heteroatoms. The van der Waals surface area contributed by atoms with Crippen molar-refractivity contribution in [2.75, 3.05) is 45.9 Å². The molecule has 1 atom stereocenters. The van der Waals surface area contributed by atoms with Gasteiger partial charge in [0.15, 0.2) is 0 Å². The molecule has 5 amide bonds. The summed E-state index contributed by atoms with van der Waals surface area (Å²) in [6.45, 7) is 28.5. The lowest BCUT2D eigenvalue weighted by Crippen LogP contribution is -2.40. The Labute approximate surface area is 487 Å². The lowest BCUT2D eigenvalue weighted by molar-refractivity contribution is -0.161. The number of nitrogens with zero attached hydrogens (tertiary/aromatic N) is 2. The molecule has 0 bridgehead atoms. The molecule has 0 aliphatic carbocycles. The van der Waals surface area contributed by atoms with Crippen LogP contribution in [0, 0.1) is 5.92 Å². The first-order valence-electron chi connectivity index (χ1n) is 30.1. The zero-order valence-corrected chi connectivity index (χ0v) is 53.0. The zero-order chi connectivity index (χ0) is 61.7. The van der Waals surface area contributed by atoms with Gasteiger partial charge in [-0.1, -0.05) is 57.8 Å². The van der Waals surface area contributed by atoms with Gasteiger partial charge in [0.2, 0.25) is 11.8 Å². The van der Waals surface area contributed by atoms with Crippen molar-refractivity contribution in [2.24, 2.45) is 5.92 Å². The minimum Gasteiger partial charge on any atom is -0.460 e. The molecule has 0 aliphatic rings. The SMILES string of the molecule is CC(C)(C)OC(=O)CCCCCCCCCCCCCC(=O)C[C@@H](CCC(=O)NCCCN(CCCCN(CCCCC(=O)CCC(=O)NCCONC(=O)OC(C)(C)C)C(=O)OC(C)(C)C)C(=O)OC(C)(C)C)C(=O)OC(C)(C)C. The lowest BCUT2D eigenvalue weighted by Gasteiger charge is -2.29. The summed E-state index contributed by atoms with van der Waals surface area (Å²) in [5.41, 5.74) is -1.20. The van der Waals surface area contributed by atoms with Crippen LogP contribution in [0.2, 0.25) is 0 Å². The Kier molecular flexibility index (Phi) is 37.8. The summed E-state index contributed by atoms with van der Waals surface area (Å²) in [7, 11) is 0. The van der Waals surface area contributed by atoms with Gasteiger partial charge in [0.05, 0.1) is 12.5 Å². The van der Waals surface area contributed by atoms with Gasteiger partial charge in [-0.25, -0.2) is 14.4 Å². The topological polar surface area (TPSA) is 252 Å². The van der Waals surface area contributed by atoms with Crippen LogP contribution in [0.5, 0.6) is 0 Å². The summed E-state index contributed by atoms with van der Waals surface area (Å²) < 4.78 is 27.5. The smallest absolute Gasteiger partial charge is 0.431 e. The fourth-order valence-electron chi connectivity index (χ4n) is 8.12. The molecule has 0 heterocycles. The van der Waals surface area contributed by atoms with Gasteiger partial charge in [0.1, 0.15) is 39.6 Å². The van der Waals surface area contributed by atoms with Gasteiger partial charge in [0, 0.05) is 84.2 Å². The predicted molar refractivity (Wildman–Crippen MR) is 313 cm³/mol. The van der Waals surface area contributed by atoms with Crippen LogP contribution in [-0.2, 0) is 57.3 Å². The van der Waals surface area contributed by atoms with Gasteiger partial charge in [-0.05, 0) is 155 Å². The second-order valence-corrected chi connectivity index (χ2v) is 26.1. The Balaban J connectivity index is 5.00. The molecular weight excluding hydrogens is 1040 g/mol. The molecule has 0 aromatic rings. The average molecular weight is 1150 g/mol. The van der Waals surface area contributed by atoms with Gasteiger partial charge >= 0.3 is 30.2 Å². The molecule has 0 rings (SSSR count). The maximum absolute atomic E-state index is 13.3. The van der Waals surface area contributed by atoms with Crippen molar-refractivity contribution in [3.63, 3.8) is 0 Å². The number of amides is 5. The van der Waals surface area contributed by atoms with Crippen LogP contribution in [0.25, 0.3) is 0 Å². The van der Waals surface area contributed by atoms with E-state index in [1.165, 1.54) is 12.8 Å². The summed E-state index contributed by atoms with van der Waals surface area (Å²) in [4.78, 5) is 123. The number of hydroxylamine groups is 1. The molecule has 0 saturated carbocycles. The van der Waals surface area contributed by atoms with E-state index in [-0.39, 0.29) is 94.1 Å². The Morgan fingerprint density at radius 3 is 1.26 bits per heavy atom. The molecular formula is C61H111N5O15. The molecule has 81 heavy (non-hydrogen) atoms. The number of hydrogen-bond acceptors (Lipinski definition) is 15. The van der Waals surface area contributed by atoms with E-state index in [0.717, 1.165) is 57.8 Å². The molecule has 0 aromatic heterocycles. The Morgan fingerprint density at radius 2 is 0.778 bits per heavy atom. The number of unbranched alkanes of at least 4 members (excludes halogenated alkanes) is 12. The highest BCUT2D eigenvalue weighted by molar-refractivity contribution is 5.86. The van der Waals surface area contributed by atoms with Crippen LogP contribution in [0.1, 0.15) is 258 Å². The quantitative estimate of drug-likeness (QED) is 0.0223. The van der Waals surface area contributed by atoms with E-state index in [9.17, 15) is 43.2 Å². The minimum absolute atomic E-state index is 0.00694. The maximum Gasteiger partial charge on any atom is 0.431 e. The van der Waals surface area contributed by atoms with E-state index in [4.69, 9.17) is 28.5 Å². The molecule has 0 aromatic carbocycles. The van der Waals surface area contributed by atoms with Crippen LogP contribution in [0.4, 0.5) is 14.4 Å². The Morgan fingerprint density at radius 1 is 0.383 bits per heavy atom. The van der Waals surface area contributed by atoms with Gasteiger partial charge in [-0.15, -0.1) is 0 Å². The van der Waals surface area contributed by atoms with Crippen molar-refractivity contribution >= 4 is 53.6 Å². The van der Waals surface area contributed by atoms with Crippen LogP contribution >= 0.6 is 0 Å². The zero-order valence-electron chi connectivity index (χ0n) is 53.0. The number of rotatable bonds is 41. The molecule has 3 N–H and O–H groups in total. The van der Waals surface area contributed by atoms with E-state index in [1.54, 1.807) is 92.9 Å². The minimum atomic E-state index is -0.751. The number of Topliss-reactive ketones (excluding diaryl/α,β-unsaturated/α-hetero) is 2. The third-order valence-electron chi connectivity index (χ3n) is 11.9. The second kappa shape index (κ2) is 40.3. The lowest BCUT2D eigenvalue weighted by atomic mass is 9.94. The van der Waals surface area contributed by atoms with E-state index >= 15 is 0 Å². The van der Waals surface area contributed by atoms with E-state index in [0.29, 0.717) is 64.6 Å². The number of carbonyl (C=O) groups is 9. The van der Waals surface area contributed by atoms with Crippen LogP contribution in [0.3, 0.4) is 0 Å². The van der Waals surface area contributed by atoms with Gasteiger partial charge < -0.3 is 44.1 Å². The first-order chi connectivity index (χ1) is 37.5. The molecule has 0 aliphatic heterocycles. The molecule has 0 spiro atoms. The van der Waals surface area contributed by atoms with E-state index in [2.05, 4.69) is 16.1 Å². The summed E-state index contributed by atoms with van der Waals surface area (Å²) >= 11 is 0. The molecule has 0 unspecified atom stereocenters. The molecule has 470 valence electrons. The predicted octanol–water partition coefficient (Wildman–Crippen LogP) is 11.9. The fraction of sp³-hybridized carbons (Fsp3) is 0.852. The summed E-state index contributed by atoms with van der Waals surface area (Å²) in [5.74, 6) is -2.06.